The Balaban J connectivity index is 2.26. The minimum atomic E-state index is 0.808. The third-order valence-corrected chi connectivity index (χ3v) is 4.04. The van der Waals surface area contributed by atoms with Gasteiger partial charge < -0.3 is 0 Å². The van der Waals surface area contributed by atoms with Crippen LogP contribution in [0.3, 0.4) is 0 Å². The third kappa shape index (κ3) is 1.21. The molecule has 0 N–H and O–H groups in total. The van der Waals surface area contributed by atoms with Crippen LogP contribution in [-0.4, -0.2) is 10.7 Å². The van der Waals surface area contributed by atoms with Crippen molar-refractivity contribution < 1.29 is 0 Å². The fourth-order valence-corrected chi connectivity index (χ4v) is 3.30. The second kappa shape index (κ2) is 3.13. The fraction of sp³-hybridized carbons (Fsp3) is 0.417. The van der Waals surface area contributed by atoms with Crippen molar-refractivity contribution in [2.24, 2.45) is 11.8 Å². The van der Waals surface area contributed by atoms with Gasteiger partial charge in [0.25, 0.3) is 0 Å². The van der Waals surface area contributed by atoms with Crippen LogP contribution in [0.25, 0.3) is 11.0 Å². The molecule has 2 aliphatic rings. The molecule has 14 heavy (non-hydrogen) atoms. The SMILES string of the molecule is CCSC1=c2ncccc2=CC2CC12. The Labute approximate surface area is 87.9 Å². The van der Waals surface area contributed by atoms with Gasteiger partial charge in [0.2, 0.25) is 0 Å². The van der Waals surface area contributed by atoms with Crippen LogP contribution >= 0.6 is 11.8 Å². The van der Waals surface area contributed by atoms with Crippen LogP contribution in [0, 0.1) is 11.8 Å². The number of thioether (sulfide) groups is 1. The summed E-state index contributed by atoms with van der Waals surface area (Å²) in [5.41, 5.74) is 0. The molecule has 2 atom stereocenters. The average molecular weight is 203 g/mol. The summed E-state index contributed by atoms with van der Waals surface area (Å²) in [6, 6.07) is 4.22. The molecule has 1 saturated carbocycles. The van der Waals surface area contributed by atoms with Crippen LogP contribution < -0.4 is 10.6 Å². The smallest absolute Gasteiger partial charge is 0.0796 e. The second-order valence-electron chi connectivity index (χ2n) is 3.91. The molecular formula is C12H13NS. The highest BCUT2D eigenvalue weighted by molar-refractivity contribution is 8.07. The fourth-order valence-electron chi connectivity index (χ4n) is 2.20. The van der Waals surface area contributed by atoms with Crippen LogP contribution in [0.15, 0.2) is 18.3 Å². The van der Waals surface area contributed by atoms with Crippen LogP contribution in [0.2, 0.25) is 0 Å². The maximum Gasteiger partial charge on any atom is 0.0796 e. The zero-order chi connectivity index (χ0) is 9.54. The van der Waals surface area contributed by atoms with Gasteiger partial charge in [0, 0.05) is 11.1 Å². The van der Waals surface area contributed by atoms with Gasteiger partial charge in [-0.15, -0.1) is 11.8 Å². The zero-order valence-electron chi connectivity index (χ0n) is 8.23. The van der Waals surface area contributed by atoms with Crippen molar-refractivity contribution in [3.63, 3.8) is 0 Å². The standard InChI is InChI=1S/C12H13NS/c1-2-14-12-10-7-9(10)6-8-4-3-5-13-11(8)12/h3-6,9-10H,2,7H2,1H3. The lowest BCUT2D eigenvalue weighted by Gasteiger charge is -2.07. The van der Waals surface area contributed by atoms with E-state index >= 15 is 0 Å². The largest absolute Gasteiger partial charge is 0.255 e. The van der Waals surface area contributed by atoms with Gasteiger partial charge in [-0.2, -0.15) is 0 Å². The zero-order valence-corrected chi connectivity index (χ0v) is 9.05. The van der Waals surface area contributed by atoms with Gasteiger partial charge in [-0.05, 0) is 35.3 Å². The van der Waals surface area contributed by atoms with Crippen molar-refractivity contribution in [1.29, 1.82) is 0 Å². The number of hydrogen-bond acceptors (Lipinski definition) is 2. The van der Waals surface area contributed by atoms with Gasteiger partial charge in [-0.1, -0.05) is 19.1 Å². The summed E-state index contributed by atoms with van der Waals surface area (Å²) in [5.74, 6) is 2.79. The van der Waals surface area contributed by atoms with E-state index in [2.05, 4.69) is 24.1 Å². The quantitative estimate of drug-likeness (QED) is 0.720. The molecule has 1 heterocycles. The Morgan fingerprint density at radius 2 is 2.50 bits per heavy atom. The molecule has 1 aromatic heterocycles. The van der Waals surface area contributed by atoms with E-state index < -0.39 is 0 Å². The number of rotatable bonds is 2. The molecule has 1 fully saturated rings. The molecular weight excluding hydrogens is 190 g/mol. The van der Waals surface area contributed by atoms with E-state index in [0.29, 0.717) is 0 Å². The normalized spacial score (nSPS) is 27.6. The topological polar surface area (TPSA) is 12.9 Å². The minimum absolute atomic E-state index is 0.808. The van der Waals surface area contributed by atoms with Crippen molar-refractivity contribution in [2.45, 2.75) is 13.3 Å². The average Bonchev–Trinajstić information content (AvgIpc) is 2.96. The summed E-state index contributed by atoms with van der Waals surface area (Å²) in [6.45, 7) is 2.22. The Bertz CT molecular complexity index is 477. The molecule has 72 valence electrons. The predicted octanol–water partition coefficient (Wildman–Crippen LogP) is 1.37. The van der Waals surface area contributed by atoms with Gasteiger partial charge >= 0.3 is 0 Å². The van der Waals surface area contributed by atoms with E-state index in [1.165, 1.54) is 21.9 Å². The van der Waals surface area contributed by atoms with Gasteiger partial charge in [0.15, 0.2) is 0 Å². The summed E-state index contributed by atoms with van der Waals surface area (Å²) in [7, 11) is 0. The Morgan fingerprint density at radius 1 is 1.57 bits per heavy atom. The summed E-state index contributed by atoms with van der Waals surface area (Å²) in [6.07, 6.45) is 5.65. The maximum atomic E-state index is 4.51. The summed E-state index contributed by atoms with van der Waals surface area (Å²) >= 11 is 1.98. The molecule has 2 heteroatoms. The number of nitrogens with zero attached hydrogens (tertiary/aromatic N) is 1. The highest BCUT2D eigenvalue weighted by Gasteiger charge is 2.40. The van der Waals surface area contributed by atoms with E-state index in [4.69, 9.17) is 0 Å². The minimum Gasteiger partial charge on any atom is -0.255 e. The molecule has 0 spiro atoms. The van der Waals surface area contributed by atoms with E-state index in [1.807, 2.05) is 24.0 Å². The third-order valence-electron chi connectivity index (χ3n) is 2.94. The van der Waals surface area contributed by atoms with Crippen molar-refractivity contribution in [1.82, 2.24) is 4.98 Å². The lowest BCUT2D eigenvalue weighted by molar-refractivity contribution is 1.02. The number of aromatic nitrogens is 1. The molecule has 0 aromatic carbocycles. The lowest BCUT2D eigenvalue weighted by Crippen LogP contribution is -2.32. The Kier molecular flexibility index (Phi) is 1.91. The van der Waals surface area contributed by atoms with Crippen molar-refractivity contribution in [2.75, 3.05) is 5.75 Å². The van der Waals surface area contributed by atoms with Gasteiger partial charge in [0.05, 0.1) is 5.35 Å². The highest BCUT2D eigenvalue weighted by atomic mass is 32.2. The van der Waals surface area contributed by atoms with Crippen molar-refractivity contribution in [3.05, 3.63) is 28.9 Å². The number of hydrogen-bond donors (Lipinski definition) is 0. The lowest BCUT2D eigenvalue weighted by atomic mass is 10.1. The molecule has 2 aliphatic carbocycles. The van der Waals surface area contributed by atoms with E-state index in [1.54, 1.807) is 0 Å². The second-order valence-corrected chi connectivity index (χ2v) is 5.22. The van der Waals surface area contributed by atoms with E-state index in [-0.39, 0.29) is 0 Å². The summed E-state index contributed by atoms with van der Waals surface area (Å²) in [4.78, 5) is 6.04. The molecule has 0 bridgehead atoms. The van der Waals surface area contributed by atoms with Gasteiger partial charge in [0.1, 0.15) is 0 Å². The van der Waals surface area contributed by atoms with E-state index in [9.17, 15) is 0 Å². The van der Waals surface area contributed by atoms with Crippen LogP contribution in [0.4, 0.5) is 0 Å². The first-order valence-corrected chi connectivity index (χ1v) is 6.18. The molecule has 0 radical (unpaired) electrons. The van der Waals surface area contributed by atoms with Crippen LogP contribution in [0.1, 0.15) is 13.3 Å². The maximum absolute atomic E-state index is 4.51. The molecule has 0 saturated heterocycles. The van der Waals surface area contributed by atoms with Crippen molar-refractivity contribution >= 4 is 22.7 Å². The summed E-state index contributed by atoms with van der Waals surface area (Å²) < 4.78 is 0. The number of pyridine rings is 1. The number of fused-ring (bicyclic) bond motifs is 2. The van der Waals surface area contributed by atoms with Crippen LogP contribution in [0.5, 0.6) is 0 Å². The van der Waals surface area contributed by atoms with Crippen LogP contribution in [-0.2, 0) is 0 Å². The monoisotopic (exact) mass is 203 g/mol. The molecule has 2 unspecified atom stereocenters. The summed E-state index contributed by atoms with van der Waals surface area (Å²) in [5, 5.41) is 2.60. The highest BCUT2D eigenvalue weighted by Crippen LogP contribution is 2.50. The van der Waals surface area contributed by atoms with Gasteiger partial charge in [-0.3, -0.25) is 4.98 Å². The molecule has 1 aromatic rings. The van der Waals surface area contributed by atoms with Crippen molar-refractivity contribution in [3.8, 4) is 0 Å². The van der Waals surface area contributed by atoms with E-state index in [0.717, 1.165) is 17.6 Å². The first-order chi connectivity index (χ1) is 6.90. The predicted molar refractivity (Wildman–Crippen MR) is 61.1 cm³/mol. The molecule has 1 nitrogen and oxygen atoms in total. The first-order valence-electron chi connectivity index (χ1n) is 5.20. The Morgan fingerprint density at radius 3 is 3.36 bits per heavy atom. The Hall–Kier alpha value is -0.760. The molecule has 0 aliphatic heterocycles. The molecule has 3 rings (SSSR count). The molecule has 0 amide bonds. The first kappa shape index (κ1) is 8.54. The van der Waals surface area contributed by atoms with Gasteiger partial charge in [-0.25, -0.2) is 0 Å².